The van der Waals surface area contributed by atoms with Crippen LogP contribution in [0.1, 0.15) is 5.56 Å². The number of guanidine groups is 1. The lowest BCUT2D eigenvalue weighted by Crippen LogP contribution is -2.22. The molecule has 0 radical (unpaired) electrons. The van der Waals surface area contributed by atoms with E-state index < -0.39 is 6.61 Å². The number of methoxy groups -OCH3 is 3. The standard InChI is InChI=1S/C18H21F2N3O4.HI/c1-24-13-7-5-12(9-15(13)26-3)23-18(21)22-10-11-4-6-14(25-2)16(8-11)27-17(19)20;/h4-9,17H,10H2,1-3H3,(H3,21,22,23);1H. The first kappa shape index (κ1) is 23.5. The van der Waals surface area contributed by atoms with E-state index in [2.05, 4.69) is 15.0 Å². The maximum atomic E-state index is 12.5. The second kappa shape index (κ2) is 11.4. The number of nitrogens with one attached hydrogen (secondary N) is 1. The molecule has 28 heavy (non-hydrogen) atoms. The van der Waals surface area contributed by atoms with Gasteiger partial charge in [-0.3, -0.25) is 0 Å². The Morgan fingerprint density at radius 3 is 2.18 bits per heavy atom. The fourth-order valence-corrected chi connectivity index (χ4v) is 2.29. The van der Waals surface area contributed by atoms with Crippen LogP contribution >= 0.6 is 24.0 Å². The molecule has 0 spiro atoms. The maximum absolute atomic E-state index is 12.5. The van der Waals surface area contributed by atoms with Gasteiger partial charge in [0.05, 0.1) is 27.9 Å². The average molecular weight is 509 g/mol. The van der Waals surface area contributed by atoms with Gasteiger partial charge in [0.2, 0.25) is 0 Å². The summed E-state index contributed by atoms with van der Waals surface area (Å²) >= 11 is 0. The predicted octanol–water partition coefficient (Wildman–Crippen LogP) is 3.86. The summed E-state index contributed by atoms with van der Waals surface area (Å²) in [5.41, 5.74) is 7.17. The number of nitrogens with zero attached hydrogens (tertiary/aromatic N) is 1. The molecule has 3 N–H and O–H groups in total. The van der Waals surface area contributed by atoms with Crippen LogP contribution in [0.25, 0.3) is 0 Å². The molecule has 2 aromatic carbocycles. The van der Waals surface area contributed by atoms with Crippen LogP contribution < -0.4 is 30.0 Å². The van der Waals surface area contributed by atoms with Crippen molar-refractivity contribution < 1.29 is 27.7 Å². The van der Waals surface area contributed by atoms with Gasteiger partial charge in [0.25, 0.3) is 0 Å². The number of aliphatic imine (C=N–C) groups is 1. The summed E-state index contributed by atoms with van der Waals surface area (Å²) in [7, 11) is 4.44. The van der Waals surface area contributed by atoms with E-state index in [9.17, 15) is 8.78 Å². The highest BCUT2D eigenvalue weighted by Gasteiger charge is 2.11. The maximum Gasteiger partial charge on any atom is 0.387 e. The first-order valence-electron chi connectivity index (χ1n) is 7.87. The van der Waals surface area contributed by atoms with Crippen molar-refractivity contribution in [2.75, 3.05) is 26.6 Å². The summed E-state index contributed by atoms with van der Waals surface area (Å²) in [5.74, 6) is 1.42. The molecule has 2 aromatic rings. The van der Waals surface area contributed by atoms with E-state index in [4.69, 9.17) is 19.9 Å². The molecular formula is C18H22F2IN3O4. The number of nitrogens with two attached hydrogens (primary N) is 1. The van der Waals surface area contributed by atoms with Crippen molar-refractivity contribution in [1.82, 2.24) is 0 Å². The molecule has 10 heteroatoms. The van der Waals surface area contributed by atoms with Gasteiger partial charge in [0.15, 0.2) is 29.0 Å². The van der Waals surface area contributed by atoms with Gasteiger partial charge < -0.3 is 30.0 Å². The first-order valence-corrected chi connectivity index (χ1v) is 7.87. The van der Waals surface area contributed by atoms with E-state index in [1.807, 2.05) is 0 Å². The van der Waals surface area contributed by atoms with Gasteiger partial charge in [-0.2, -0.15) is 8.78 Å². The summed E-state index contributed by atoms with van der Waals surface area (Å²) in [6.45, 7) is -2.79. The number of benzene rings is 2. The Morgan fingerprint density at radius 1 is 0.964 bits per heavy atom. The van der Waals surface area contributed by atoms with Crippen molar-refractivity contribution in [3.8, 4) is 23.0 Å². The minimum absolute atomic E-state index is 0. The highest BCUT2D eigenvalue weighted by Crippen LogP contribution is 2.30. The molecule has 0 aliphatic rings. The van der Waals surface area contributed by atoms with Crippen LogP contribution in [0, 0.1) is 0 Å². The van der Waals surface area contributed by atoms with Crippen molar-refractivity contribution >= 4 is 35.6 Å². The molecule has 0 unspecified atom stereocenters. The molecule has 154 valence electrons. The van der Waals surface area contributed by atoms with Crippen LogP contribution in [-0.4, -0.2) is 33.9 Å². The van der Waals surface area contributed by atoms with Crippen LogP contribution in [0.5, 0.6) is 23.0 Å². The minimum atomic E-state index is -2.95. The molecular weight excluding hydrogens is 487 g/mol. The number of anilines is 1. The Morgan fingerprint density at radius 2 is 1.57 bits per heavy atom. The monoisotopic (exact) mass is 509 g/mol. The van der Waals surface area contributed by atoms with Crippen LogP contribution in [0.2, 0.25) is 0 Å². The van der Waals surface area contributed by atoms with Gasteiger partial charge in [-0.25, -0.2) is 4.99 Å². The first-order chi connectivity index (χ1) is 13.0. The second-order valence-electron chi connectivity index (χ2n) is 5.26. The topological polar surface area (TPSA) is 87.3 Å². The van der Waals surface area contributed by atoms with Gasteiger partial charge >= 0.3 is 6.61 Å². The van der Waals surface area contributed by atoms with Gasteiger partial charge in [-0.1, -0.05) is 6.07 Å². The summed E-state index contributed by atoms with van der Waals surface area (Å²) in [5, 5.41) is 2.92. The molecule has 0 saturated carbocycles. The lowest BCUT2D eigenvalue weighted by molar-refractivity contribution is -0.0512. The summed E-state index contributed by atoms with van der Waals surface area (Å²) in [6, 6.07) is 9.84. The normalized spacial score (nSPS) is 10.9. The Bertz CT molecular complexity index is 806. The zero-order chi connectivity index (χ0) is 19.8. The summed E-state index contributed by atoms with van der Waals surface area (Å²) in [6.07, 6.45) is 0. The van der Waals surface area contributed by atoms with Gasteiger partial charge in [0.1, 0.15) is 0 Å². The van der Waals surface area contributed by atoms with Crippen LogP contribution in [0.4, 0.5) is 14.5 Å². The van der Waals surface area contributed by atoms with Crippen molar-refractivity contribution in [2.24, 2.45) is 10.7 Å². The van der Waals surface area contributed by atoms with Crippen LogP contribution in [-0.2, 0) is 6.54 Å². The van der Waals surface area contributed by atoms with E-state index in [0.717, 1.165) is 0 Å². The number of hydrogen-bond donors (Lipinski definition) is 2. The second-order valence-corrected chi connectivity index (χ2v) is 5.26. The molecule has 0 fully saturated rings. The molecule has 0 atom stereocenters. The van der Waals surface area contributed by atoms with E-state index in [1.54, 1.807) is 31.4 Å². The van der Waals surface area contributed by atoms with Gasteiger partial charge in [-0.05, 0) is 29.8 Å². The van der Waals surface area contributed by atoms with Gasteiger partial charge in [0, 0.05) is 11.8 Å². The number of ether oxygens (including phenoxy) is 4. The molecule has 0 bridgehead atoms. The van der Waals surface area contributed by atoms with E-state index in [0.29, 0.717) is 22.7 Å². The SMILES string of the molecule is COc1ccc(NC(N)=NCc2ccc(OC)c(OC(F)F)c2)cc1OC.I. The lowest BCUT2D eigenvalue weighted by Gasteiger charge is -2.12. The predicted molar refractivity (Wildman–Crippen MR) is 114 cm³/mol. The Hall–Kier alpha value is -2.50. The smallest absolute Gasteiger partial charge is 0.387 e. The fraction of sp³-hybridized carbons (Fsp3) is 0.278. The largest absolute Gasteiger partial charge is 0.493 e. The molecule has 2 rings (SSSR count). The molecule has 0 aliphatic carbocycles. The average Bonchev–Trinajstić information content (AvgIpc) is 2.66. The number of halogens is 3. The lowest BCUT2D eigenvalue weighted by atomic mass is 10.2. The molecule has 0 heterocycles. The Labute approximate surface area is 178 Å². The highest BCUT2D eigenvalue weighted by atomic mass is 127. The van der Waals surface area contributed by atoms with Crippen LogP contribution in [0.15, 0.2) is 41.4 Å². The third-order valence-electron chi connectivity index (χ3n) is 3.53. The molecule has 0 amide bonds. The molecule has 0 saturated heterocycles. The highest BCUT2D eigenvalue weighted by molar-refractivity contribution is 14.0. The number of hydrogen-bond acceptors (Lipinski definition) is 5. The zero-order valence-electron chi connectivity index (χ0n) is 15.6. The van der Waals surface area contributed by atoms with Crippen LogP contribution in [0.3, 0.4) is 0 Å². The van der Waals surface area contributed by atoms with E-state index in [1.165, 1.54) is 26.4 Å². The molecule has 0 aromatic heterocycles. The number of rotatable bonds is 8. The zero-order valence-corrected chi connectivity index (χ0v) is 17.9. The van der Waals surface area contributed by atoms with Crippen molar-refractivity contribution in [3.63, 3.8) is 0 Å². The third kappa shape index (κ3) is 6.59. The molecule has 7 nitrogen and oxygen atoms in total. The quantitative estimate of drug-likeness (QED) is 0.320. The van der Waals surface area contributed by atoms with E-state index in [-0.39, 0.29) is 48.0 Å². The van der Waals surface area contributed by atoms with E-state index >= 15 is 0 Å². The fourth-order valence-electron chi connectivity index (χ4n) is 2.29. The minimum Gasteiger partial charge on any atom is -0.493 e. The Balaban J connectivity index is 0.00000392. The van der Waals surface area contributed by atoms with Crippen molar-refractivity contribution in [1.29, 1.82) is 0 Å². The Kier molecular flexibility index (Phi) is 9.56. The summed E-state index contributed by atoms with van der Waals surface area (Å²) in [4.78, 5) is 4.19. The van der Waals surface area contributed by atoms with Gasteiger partial charge in [-0.15, -0.1) is 24.0 Å². The summed E-state index contributed by atoms with van der Waals surface area (Å²) < 4.78 is 44.8. The van der Waals surface area contributed by atoms with Crippen molar-refractivity contribution in [3.05, 3.63) is 42.0 Å². The number of alkyl halides is 2. The third-order valence-corrected chi connectivity index (χ3v) is 3.53. The molecule has 0 aliphatic heterocycles. The van der Waals surface area contributed by atoms with Crippen molar-refractivity contribution in [2.45, 2.75) is 13.2 Å².